The first-order chi connectivity index (χ1) is 12.4. The van der Waals surface area contributed by atoms with Gasteiger partial charge in [-0.3, -0.25) is 14.6 Å². The summed E-state index contributed by atoms with van der Waals surface area (Å²) in [6.45, 7) is 3.41. The van der Waals surface area contributed by atoms with E-state index in [9.17, 15) is 9.59 Å². The molecule has 0 aliphatic carbocycles. The Hall–Kier alpha value is -2.28. The molecule has 6 nitrogen and oxygen atoms in total. The topological polar surface area (TPSA) is 66.4 Å². The number of thiazole rings is 1. The highest BCUT2D eigenvalue weighted by Crippen LogP contribution is 2.26. The van der Waals surface area contributed by atoms with Crippen molar-refractivity contribution in [3.63, 3.8) is 0 Å². The Kier molecular flexibility index (Phi) is 5.66. The van der Waals surface area contributed by atoms with Crippen molar-refractivity contribution in [2.45, 2.75) is 32.1 Å². The molecule has 1 aliphatic rings. The van der Waals surface area contributed by atoms with Crippen molar-refractivity contribution in [3.05, 3.63) is 45.7 Å². The highest BCUT2D eigenvalue weighted by atomic mass is 32.1. The second-order valence-electron chi connectivity index (χ2n) is 6.88. The van der Waals surface area contributed by atoms with Gasteiger partial charge in [0.2, 0.25) is 5.91 Å². The molecule has 2 aromatic rings. The third kappa shape index (κ3) is 4.27. The number of hydrogen-bond acceptors (Lipinski definition) is 5. The molecule has 1 aliphatic heterocycles. The summed E-state index contributed by atoms with van der Waals surface area (Å²) in [5.74, 6) is 0.288. The lowest BCUT2D eigenvalue weighted by atomic mass is 9.93. The highest BCUT2D eigenvalue weighted by Gasteiger charge is 2.26. The van der Waals surface area contributed by atoms with E-state index in [4.69, 9.17) is 0 Å². The zero-order chi connectivity index (χ0) is 18.7. The van der Waals surface area contributed by atoms with Gasteiger partial charge in [0.25, 0.3) is 5.91 Å². The van der Waals surface area contributed by atoms with Crippen LogP contribution in [0.5, 0.6) is 0 Å². The van der Waals surface area contributed by atoms with Crippen LogP contribution in [-0.4, -0.2) is 58.8 Å². The first kappa shape index (κ1) is 18.5. The lowest BCUT2D eigenvalue weighted by Crippen LogP contribution is -2.40. The largest absolute Gasteiger partial charge is 0.345 e. The molecular formula is C19H24N4O2S. The normalized spacial score (nSPS) is 17.2. The van der Waals surface area contributed by atoms with Crippen molar-refractivity contribution in [1.29, 1.82) is 0 Å². The molecule has 1 atom stereocenters. The number of nitrogens with zero attached hydrogens (tertiary/aromatic N) is 4. The van der Waals surface area contributed by atoms with E-state index in [1.165, 1.54) is 4.90 Å². The number of likely N-dealkylation sites (tertiary alicyclic amines) is 1. The van der Waals surface area contributed by atoms with Gasteiger partial charge in [-0.05, 0) is 31.9 Å². The summed E-state index contributed by atoms with van der Waals surface area (Å²) >= 11 is 1.57. The maximum absolute atomic E-state index is 12.6. The van der Waals surface area contributed by atoms with Gasteiger partial charge < -0.3 is 9.80 Å². The van der Waals surface area contributed by atoms with Crippen molar-refractivity contribution < 1.29 is 9.59 Å². The van der Waals surface area contributed by atoms with Gasteiger partial charge in [-0.15, -0.1) is 11.3 Å². The number of aromatic nitrogens is 2. The maximum atomic E-state index is 12.6. The van der Waals surface area contributed by atoms with Gasteiger partial charge in [0.15, 0.2) is 0 Å². The molecule has 3 rings (SSSR count). The molecule has 3 heterocycles. The van der Waals surface area contributed by atoms with Gasteiger partial charge in [0, 0.05) is 50.4 Å². The molecule has 1 fully saturated rings. The fraction of sp³-hybridized carbons (Fsp3) is 0.474. The standard InChI is InChI=1S/C19H24N4O2S/c1-13-21-16(12-26-13)9-18(24)23-8-4-5-15(11-23)17-7-6-14(10-20-17)19(25)22(2)3/h6-7,10,12,15H,4-5,8-9,11H2,1-3H3/t15-/m1/s1. The van der Waals surface area contributed by atoms with Crippen molar-refractivity contribution in [2.24, 2.45) is 0 Å². The van der Waals surface area contributed by atoms with E-state index in [-0.39, 0.29) is 17.7 Å². The zero-order valence-electron chi connectivity index (χ0n) is 15.4. The van der Waals surface area contributed by atoms with Crippen molar-refractivity contribution >= 4 is 23.2 Å². The summed E-state index contributed by atoms with van der Waals surface area (Å²) in [5, 5.41) is 2.94. The van der Waals surface area contributed by atoms with Crippen LogP contribution in [0.1, 0.15) is 45.5 Å². The van der Waals surface area contributed by atoms with Crippen LogP contribution < -0.4 is 0 Å². The van der Waals surface area contributed by atoms with Crippen LogP contribution in [0.25, 0.3) is 0 Å². The molecule has 138 valence electrons. The summed E-state index contributed by atoms with van der Waals surface area (Å²) < 4.78 is 0. The third-order valence-corrected chi connectivity index (χ3v) is 5.45. The molecule has 0 bridgehead atoms. The summed E-state index contributed by atoms with van der Waals surface area (Å²) in [6.07, 6.45) is 3.97. The van der Waals surface area contributed by atoms with E-state index in [0.717, 1.165) is 35.8 Å². The molecule has 7 heteroatoms. The first-order valence-corrected chi connectivity index (χ1v) is 9.68. The fourth-order valence-corrected chi connectivity index (χ4v) is 3.85. The van der Waals surface area contributed by atoms with Gasteiger partial charge in [0.1, 0.15) is 0 Å². The molecule has 0 radical (unpaired) electrons. The van der Waals surface area contributed by atoms with Gasteiger partial charge in [-0.25, -0.2) is 4.98 Å². The third-order valence-electron chi connectivity index (χ3n) is 4.63. The van der Waals surface area contributed by atoms with E-state index in [2.05, 4.69) is 9.97 Å². The van der Waals surface area contributed by atoms with E-state index in [0.29, 0.717) is 18.5 Å². The zero-order valence-corrected chi connectivity index (χ0v) is 16.3. The average molecular weight is 372 g/mol. The number of piperidine rings is 1. The van der Waals surface area contributed by atoms with E-state index >= 15 is 0 Å². The fourth-order valence-electron chi connectivity index (χ4n) is 3.23. The Morgan fingerprint density at radius 3 is 2.77 bits per heavy atom. The number of carbonyl (C=O) groups excluding carboxylic acids is 2. The first-order valence-electron chi connectivity index (χ1n) is 8.80. The second-order valence-corrected chi connectivity index (χ2v) is 7.95. The minimum Gasteiger partial charge on any atom is -0.345 e. The van der Waals surface area contributed by atoms with Crippen molar-refractivity contribution in [2.75, 3.05) is 27.2 Å². The Morgan fingerprint density at radius 2 is 2.15 bits per heavy atom. The number of hydrogen-bond donors (Lipinski definition) is 0. The number of carbonyl (C=O) groups is 2. The van der Waals surface area contributed by atoms with Crippen LogP contribution in [0.2, 0.25) is 0 Å². The van der Waals surface area contributed by atoms with Gasteiger partial charge in [0.05, 0.1) is 22.7 Å². The Bertz CT molecular complexity index is 785. The van der Waals surface area contributed by atoms with Crippen LogP contribution in [0.15, 0.2) is 23.7 Å². The lowest BCUT2D eigenvalue weighted by Gasteiger charge is -2.32. The minimum absolute atomic E-state index is 0.0527. The summed E-state index contributed by atoms with van der Waals surface area (Å²) in [7, 11) is 3.45. The maximum Gasteiger partial charge on any atom is 0.254 e. The molecular weight excluding hydrogens is 348 g/mol. The smallest absolute Gasteiger partial charge is 0.254 e. The van der Waals surface area contributed by atoms with E-state index in [1.54, 1.807) is 31.6 Å². The van der Waals surface area contributed by atoms with Crippen LogP contribution in [0.4, 0.5) is 0 Å². The van der Waals surface area contributed by atoms with Crippen LogP contribution in [0, 0.1) is 6.92 Å². The molecule has 2 aromatic heterocycles. The lowest BCUT2D eigenvalue weighted by molar-refractivity contribution is -0.131. The summed E-state index contributed by atoms with van der Waals surface area (Å²) in [4.78, 5) is 36.9. The molecule has 0 saturated carbocycles. The molecule has 0 unspecified atom stereocenters. The van der Waals surface area contributed by atoms with Crippen molar-refractivity contribution in [1.82, 2.24) is 19.8 Å². The Morgan fingerprint density at radius 1 is 1.35 bits per heavy atom. The predicted octanol–water partition coefficient (Wildman–Crippen LogP) is 2.50. The summed E-state index contributed by atoms with van der Waals surface area (Å²) in [6, 6.07) is 3.74. The predicted molar refractivity (Wildman–Crippen MR) is 101 cm³/mol. The minimum atomic E-state index is -0.0527. The highest BCUT2D eigenvalue weighted by molar-refractivity contribution is 7.09. The average Bonchev–Trinajstić information content (AvgIpc) is 3.06. The van der Waals surface area contributed by atoms with E-state index in [1.807, 2.05) is 29.3 Å². The van der Waals surface area contributed by atoms with Gasteiger partial charge in [-0.1, -0.05) is 0 Å². The number of amides is 2. The van der Waals surface area contributed by atoms with Gasteiger partial charge in [-0.2, -0.15) is 0 Å². The number of aryl methyl sites for hydroxylation is 1. The quantitative estimate of drug-likeness (QED) is 0.827. The summed E-state index contributed by atoms with van der Waals surface area (Å²) in [5.41, 5.74) is 2.38. The van der Waals surface area contributed by atoms with Crippen LogP contribution in [-0.2, 0) is 11.2 Å². The van der Waals surface area contributed by atoms with Crippen molar-refractivity contribution in [3.8, 4) is 0 Å². The SMILES string of the molecule is Cc1nc(CC(=O)N2CCC[C@@H](c3ccc(C(=O)N(C)C)cn3)C2)cs1. The second kappa shape index (κ2) is 7.95. The molecule has 0 aromatic carbocycles. The molecule has 0 N–H and O–H groups in total. The molecule has 2 amide bonds. The molecule has 0 spiro atoms. The van der Waals surface area contributed by atoms with E-state index < -0.39 is 0 Å². The Labute approximate surface area is 157 Å². The Balaban J connectivity index is 1.64. The molecule has 1 saturated heterocycles. The van der Waals surface area contributed by atoms with Crippen LogP contribution in [0.3, 0.4) is 0 Å². The van der Waals surface area contributed by atoms with Crippen LogP contribution >= 0.6 is 11.3 Å². The number of rotatable bonds is 4. The molecule has 26 heavy (non-hydrogen) atoms. The monoisotopic (exact) mass is 372 g/mol. The van der Waals surface area contributed by atoms with Gasteiger partial charge >= 0.3 is 0 Å². The number of pyridine rings is 1.